The molecule has 0 aromatic heterocycles. The van der Waals surface area contributed by atoms with E-state index in [2.05, 4.69) is 0 Å². The molecule has 0 radical (unpaired) electrons. The molecule has 0 aromatic rings. The summed E-state index contributed by atoms with van der Waals surface area (Å²) in [7, 11) is 0. The molecule has 2 heteroatoms. The zero-order valence-corrected chi connectivity index (χ0v) is 3.65. The number of nitrogens with two attached hydrogens (primary N) is 2. The molecular weight excluding hydrogens is 76.1 g/mol. The molecule has 0 spiro atoms. The lowest BCUT2D eigenvalue weighted by molar-refractivity contribution is -0.119. The fraction of sp³-hybridized carbons (Fsp3) is 0.750. The average Bonchev–Trinajstić information content (AvgIpc) is 2.06. The van der Waals surface area contributed by atoms with Crippen LogP contribution in [-0.4, -0.2) is 5.84 Å². The maximum atomic E-state index is 5.19. The predicted molar refractivity (Wildman–Crippen MR) is 23.8 cm³/mol. The van der Waals surface area contributed by atoms with Crippen molar-refractivity contribution in [2.45, 2.75) is 12.8 Å². The quantitative estimate of drug-likeness (QED) is 0.296. The van der Waals surface area contributed by atoms with Gasteiger partial charge in [-0.3, -0.25) is 11.1 Å². The molecule has 1 rings (SSSR count). The summed E-state index contributed by atoms with van der Waals surface area (Å²) in [4.78, 5) is 0. The highest BCUT2D eigenvalue weighted by molar-refractivity contribution is 5.78. The second-order valence-electron chi connectivity index (χ2n) is 1.77. The normalized spacial score (nSPS) is 20.7. The second kappa shape index (κ2) is 0.965. The molecule has 1 fully saturated rings. The van der Waals surface area contributed by atoms with Gasteiger partial charge in [0.25, 0.3) is 0 Å². The molecule has 0 heterocycles. The van der Waals surface area contributed by atoms with E-state index in [4.69, 9.17) is 11.1 Å². The van der Waals surface area contributed by atoms with Gasteiger partial charge in [-0.05, 0) is 12.8 Å². The summed E-state index contributed by atoms with van der Waals surface area (Å²) in [5.74, 6) is 1.19. The molecule has 4 N–H and O–H groups in total. The van der Waals surface area contributed by atoms with E-state index in [0.29, 0.717) is 11.8 Å². The first-order valence-electron chi connectivity index (χ1n) is 2.18. The van der Waals surface area contributed by atoms with Gasteiger partial charge in [0.1, 0.15) is 0 Å². The summed E-state index contributed by atoms with van der Waals surface area (Å²) in [5, 5.41) is 5.19. The minimum atomic E-state index is 0.574. The van der Waals surface area contributed by atoms with E-state index in [0.717, 1.165) is 0 Å². The van der Waals surface area contributed by atoms with Crippen LogP contribution in [0.1, 0.15) is 12.8 Å². The Labute approximate surface area is 36.9 Å². The lowest BCUT2D eigenvalue weighted by Gasteiger charge is -1.74. The van der Waals surface area contributed by atoms with Crippen molar-refractivity contribution in [1.82, 2.24) is 0 Å². The van der Waals surface area contributed by atoms with E-state index >= 15 is 0 Å². The molecule has 6 heavy (non-hydrogen) atoms. The molecule has 0 bridgehead atoms. The van der Waals surface area contributed by atoms with E-state index < -0.39 is 0 Å². The molecule has 0 saturated heterocycles. The maximum absolute atomic E-state index is 5.19. The topological polar surface area (TPSA) is 51.6 Å². The third kappa shape index (κ3) is 0.506. The molecule has 0 aromatic carbocycles. The largest absolute Gasteiger partial charge is 0.291 e. The van der Waals surface area contributed by atoms with Crippen molar-refractivity contribution >= 4 is 5.84 Å². The lowest BCUT2D eigenvalue weighted by Crippen LogP contribution is -2.46. The van der Waals surface area contributed by atoms with E-state index in [1.807, 2.05) is 0 Å². The summed E-state index contributed by atoms with van der Waals surface area (Å²) >= 11 is 0. The zero-order chi connectivity index (χ0) is 4.57. The highest BCUT2D eigenvalue weighted by Crippen LogP contribution is 2.26. The standard InChI is InChI=1S/C4H8N2/c5-4(6)3-1-2-3/h3H,1-2H2,(H3,5,6)/p+1. The van der Waals surface area contributed by atoms with Crippen molar-refractivity contribution in [3.63, 3.8) is 0 Å². The van der Waals surface area contributed by atoms with Crippen LogP contribution in [-0.2, 0) is 0 Å². The van der Waals surface area contributed by atoms with Crippen LogP contribution >= 0.6 is 0 Å². The summed E-state index contributed by atoms with van der Waals surface area (Å²) in [6, 6.07) is 0. The van der Waals surface area contributed by atoms with Gasteiger partial charge >= 0.3 is 0 Å². The van der Waals surface area contributed by atoms with Crippen LogP contribution in [0.2, 0.25) is 0 Å². The van der Waals surface area contributed by atoms with E-state index in [9.17, 15) is 0 Å². The number of rotatable bonds is 1. The third-order valence-electron chi connectivity index (χ3n) is 1.05. The highest BCUT2D eigenvalue weighted by atomic mass is 14.7. The first-order valence-corrected chi connectivity index (χ1v) is 2.18. The molecule has 0 amide bonds. The number of hydrogen-bond donors (Lipinski definition) is 2. The van der Waals surface area contributed by atoms with Crippen molar-refractivity contribution in [2.24, 2.45) is 11.7 Å². The molecule has 34 valence electrons. The number of amidine groups is 1. The Morgan fingerprint density at radius 1 is 1.67 bits per heavy atom. The maximum Gasteiger partial charge on any atom is 0.241 e. The highest BCUT2D eigenvalue weighted by Gasteiger charge is 2.28. The van der Waals surface area contributed by atoms with Gasteiger partial charge in [-0.15, -0.1) is 0 Å². The molecule has 1 aliphatic carbocycles. The first kappa shape index (κ1) is 3.65. The molecule has 0 atom stereocenters. The van der Waals surface area contributed by atoms with Gasteiger partial charge in [0.05, 0.1) is 5.92 Å². The van der Waals surface area contributed by atoms with Crippen LogP contribution in [0.4, 0.5) is 0 Å². The van der Waals surface area contributed by atoms with E-state index in [-0.39, 0.29) is 0 Å². The Morgan fingerprint density at radius 3 is 2.17 bits per heavy atom. The van der Waals surface area contributed by atoms with Crippen molar-refractivity contribution in [3.05, 3.63) is 0 Å². The third-order valence-corrected chi connectivity index (χ3v) is 1.05. The fourth-order valence-electron chi connectivity index (χ4n) is 0.417. The fourth-order valence-corrected chi connectivity index (χ4v) is 0.417. The molecular formula is C4H9N2+. The van der Waals surface area contributed by atoms with Crippen LogP contribution in [0.5, 0.6) is 0 Å². The minimum Gasteiger partial charge on any atom is -0.291 e. The molecule has 1 aliphatic rings. The van der Waals surface area contributed by atoms with Crippen LogP contribution < -0.4 is 11.1 Å². The van der Waals surface area contributed by atoms with Gasteiger partial charge in [-0.1, -0.05) is 0 Å². The van der Waals surface area contributed by atoms with Crippen LogP contribution in [0.25, 0.3) is 0 Å². The Hall–Kier alpha value is -0.530. The summed E-state index contributed by atoms with van der Waals surface area (Å²) in [6.07, 6.45) is 2.42. The van der Waals surface area contributed by atoms with Gasteiger partial charge in [-0.2, -0.15) is 0 Å². The molecule has 1 saturated carbocycles. The lowest BCUT2D eigenvalue weighted by atomic mass is 10.4. The van der Waals surface area contributed by atoms with Gasteiger partial charge in [-0.25, -0.2) is 0 Å². The van der Waals surface area contributed by atoms with Crippen molar-refractivity contribution in [2.75, 3.05) is 0 Å². The molecule has 0 aliphatic heterocycles. The van der Waals surface area contributed by atoms with Crippen LogP contribution in [0, 0.1) is 5.92 Å². The van der Waals surface area contributed by atoms with Gasteiger partial charge in [0.15, 0.2) is 0 Å². The summed E-state index contributed by atoms with van der Waals surface area (Å²) in [5.41, 5.74) is 5.19. The smallest absolute Gasteiger partial charge is 0.241 e. The first-order chi connectivity index (χ1) is 2.80. The molecule has 2 nitrogen and oxygen atoms in total. The minimum absolute atomic E-state index is 0.574. The Bertz CT molecular complexity index is 73.6. The van der Waals surface area contributed by atoms with Crippen LogP contribution in [0.15, 0.2) is 0 Å². The zero-order valence-electron chi connectivity index (χ0n) is 3.65. The van der Waals surface area contributed by atoms with Gasteiger partial charge < -0.3 is 0 Å². The number of hydrogen-bond acceptors (Lipinski definition) is 0. The SMILES string of the molecule is NC(=[NH2+])C1CC1. The van der Waals surface area contributed by atoms with E-state index in [1.165, 1.54) is 12.8 Å². The average molecular weight is 85.1 g/mol. The second-order valence-corrected chi connectivity index (χ2v) is 1.77. The van der Waals surface area contributed by atoms with Crippen molar-refractivity contribution in [3.8, 4) is 0 Å². The Balaban J connectivity index is 2.31. The van der Waals surface area contributed by atoms with Crippen LogP contribution in [0.3, 0.4) is 0 Å². The summed E-state index contributed by atoms with van der Waals surface area (Å²) in [6.45, 7) is 0. The monoisotopic (exact) mass is 85.1 g/mol. The Morgan fingerprint density at radius 2 is 2.17 bits per heavy atom. The Kier molecular flexibility index (Phi) is 0.587. The van der Waals surface area contributed by atoms with E-state index in [1.54, 1.807) is 0 Å². The molecule has 0 unspecified atom stereocenters. The van der Waals surface area contributed by atoms with Gasteiger partial charge in [0, 0.05) is 0 Å². The predicted octanol–water partition coefficient (Wildman–Crippen LogP) is -1.49. The van der Waals surface area contributed by atoms with Crippen molar-refractivity contribution < 1.29 is 5.41 Å². The summed E-state index contributed by atoms with van der Waals surface area (Å²) < 4.78 is 0. The van der Waals surface area contributed by atoms with Crippen molar-refractivity contribution in [1.29, 1.82) is 0 Å². The van der Waals surface area contributed by atoms with Gasteiger partial charge in [0.2, 0.25) is 5.84 Å².